The van der Waals surface area contributed by atoms with E-state index in [2.05, 4.69) is 0 Å². The summed E-state index contributed by atoms with van der Waals surface area (Å²) < 4.78 is 4.81. The summed E-state index contributed by atoms with van der Waals surface area (Å²) in [5, 5.41) is 11.8. The lowest BCUT2D eigenvalue weighted by Gasteiger charge is -1.85. The lowest BCUT2D eigenvalue weighted by molar-refractivity contribution is 0.0539. The average molecular weight is 161 g/mol. The van der Waals surface area contributed by atoms with Crippen LogP contribution in [0.1, 0.15) is 10.6 Å². The highest BCUT2D eigenvalue weighted by molar-refractivity contribution is 6.00. The van der Waals surface area contributed by atoms with Gasteiger partial charge in [0.1, 0.15) is 0 Å². The second-order valence-corrected chi connectivity index (χ2v) is 2.44. The number of rotatable bonds is 1. The molecule has 12 heavy (non-hydrogen) atoms. The minimum Gasteiger partial charge on any atom is -0.456 e. The smallest absolute Gasteiger partial charge is 0.421 e. The van der Waals surface area contributed by atoms with E-state index in [1.807, 2.05) is 6.07 Å². The Morgan fingerprint density at radius 3 is 2.75 bits per heavy atom. The summed E-state index contributed by atoms with van der Waals surface area (Å²) >= 11 is 0. The second-order valence-electron chi connectivity index (χ2n) is 2.44. The number of fused-ring (bicyclic) bond motifs is 1. The average Bonchev–Trinajstić information content (AvgIpc) is 2.47. The molecule has 0 aliphatic heterocycles. The second kappa shape index (κ2) is 2.37. The summed E-state index contributed by atoms with van der Waals surface area (Å²) in [5.41, 5.74) is 0. The fourth-order valence-corrected chi connectivity index (χ4v) is 1.15. The summed E-state index contributed by atoms with van der Waals surface area (Å²) in [6.07, 6.45) is 1.40. The molecule has 2 rings (SSSR count). The predicted molar refractivity (Wildman–Crippen MR) is 41.2 cm³/mol. The van der Waals surface area contributed by atoms with Crippen LogP contribution < -0.4 is 0 Å². The highest BCUT2D eigenvalue weighted by Gasteiger charge is 2.13. The first-order valence-electron chi connectivity index (χ1n) is 3.46. The van der Waals surface area contributed by atoms with Crippen molar-refractivity contribution in [2.45, 2.75) is 0 Å². The van der Waals surface area contributed by atoms with E-state index in [1.54, 1.807) is 18.2 Å². The molecular weight excluding hydrogens is 156 g/mol. The molecule has 59 valence electrons. The quantitative estimate of drug-likeness (QED) is 0.642. The van der Waals surface area contributed by atoms with Crippen LogP contribution in [-0.4, -0.2) is 5.97 Å². The van der Waals surface area contributed by atoms with Gasteiger partial charge in [-0.15, -0.1) is 0 Å². The van der Waals surface area contributed by atoms with E-state index in [-0.39, 0.29) is 5.76 Å². The van der Waals surface area contributed by atoms with Gasteiger partial charge in [-0.2, -0.15) is 0 Å². The molecule has 2 aromatic rings. The summed E-state index contributed by atoms with van der Waals surface area (Å²) in [7, 11) is 0. The lowest BCUT2D eigenvalue weighted by atomic mass is 10.2. The molecule has 1 radical (unpaired) electrons. The number of benzene rings is 1. The summed E-state index contributed by atoms with van der Waals surface area (Å²) in [6, 6.07) is 7.04. The number of carbonyl (C=O) groups excluding carboxylic acids is 1. The van der Waals surface area contributed by atoms with Crippen molar-refractivity contribution in [2.75, 3.05) is 0 Å². The summed E-state index contributed by atoms with van der Waals surface area (Å²) in [4.78, 5) is 10.5. The molecule has 3 nitrogen and oxygen atoms in total. The Hall–Kier alpha value is -1.77. The zero-order valence-electron chi connectivity index (χ0n) is 6.11. The highest BCUT2D eigenvalue weighted by Crippen LogP contribution is 2.20. The largest absolute Gasteiger partial charge is 0.456 e. The Kier molecular flexibility index (Phi) is 1.37. The van der Waals surface area contributed by atoms with Crippen molar-refractivity contribution >= 4 is 16.7 Å². The lowest BCUT2D eigenvalue weighted by Crippen LogP contribution is -1.90. The Morgan fingerprint density at radius 1 is 1.25 bits per heavy atom. The summed E-state index contributed by atoms with van der Waals surface area (Å²) in [5.74, 6) is -1.39. The van der Waals surface area contributed by atoms with Crippen LogP contribution in [0.3, 0.4) is 0 Å². The van der Waals surface area contributed by atoms with Crippen LogP contribution in [0.15, 0.2) is 34.9 Å². The predicted octanol–water partition coefficient (Wildman–Crippen LogP) is 2.00. The standard InChI is InChI=1S/C9H5O3/c10-9(11)8-7-4-2-1-3-6(7)5-12-8/h1-5H. The monoisotopic (exact) mass is 161 g/mol. The van der Waals surface area contributed by atoms with Crippen LogP contribution in [0.25, 0.3) is 10.8 Å². The van der Waals surface area contributed by atoms with Crippen molar-refractivity contribution in [2.24, 2.45) is 0 Å². The molecule has 0 aliphatic rings. The highest BCUT2D eigenvalue weighted by atomic mass is 16.4. The third-order valence-electron chi connectivity index (χ3n) is 1.69. The van der Waals surface area contributed by atoms with E-state index >= 15 is 0 Å². The minimum absolute atomic E-state index is 0.106. The van der Waals surface area contributed by atoms with Gasteiger partial charge in [0.25, 0.3) is 0 Å². The van der Waals surface area contributed by atoms with Crippen molar-refractivity contribution in [3.05, 3.63) is 36.3 Å². The van der Waals surface area contributed by atoms with E-state index in [1.165, 1.54) is 6.26 Å². The molecule has 0 bridgehead atoms. The van der Waals surface area contributed by atoms with Gasteiger partial charge in [-0.1, -0.05) is 24.3 Å². The molecule has 0 unspecified atom stereocenters. The van der Waals surface area contributed by atoms with E-state index < -0.39 is 5.97 Å². The number of hydrogen-bond acceptors (Lipinski definition) is 2. The Morgan fingerprint density at radius 2 is 2.00 bits per heavy atom. The number of furan rings is 1. The van der Waals surface area contributed by atoms with Crippen molar-refractivity contribution in [1.82, 2.24) is 0 Å². The molecular formula is C9H5O3. The SMILES string of the molecule is [O]C(=O)c1occ2ccccc12. The molecule has 1 aromatic heterocycles. The van der Waals surface area contributed by atoms with Gasteiger partial charge in [-0.05, 0) is 0 Å². The van der Waals surface area contributed by atoms with E-state index in [9.17, 15) is 9.90 Å². The molecule has 1 aromatic carbocycles. The van der Waals surface area contributed by atoms with Gasteiger partial charge >= 0.3 is 5.97 Å². The molecule has 0 saturated carbocycles. The van der Waals surface area contributed by atoms with Crippen LogP contribution >= 0.6 is 0 Å². The Labute approximate surface area is 68.2 Å². The molecule has 1 heterocycles. The van der Waals surface area contributed by atoms with Gasteiger partial charge in [0.2, 0.25) is 5.76 Å². The van der Waals surface area contributed by atoms with Crippen LogP contribution in [0.4, 0.5) is 0 Å². The zero-order valence-corrected chi connectivity index (χ0v) is 6.11. The molecule has 0 atom stereocenters. The maximum atomic E-state index is 10.5. The van der Waals surface area contributed by atoms with Crippen LogP contribution in [0, 0.1) is 0 Å². The van der Waals surface area contributed by atoms with Crippen LogP contribution in [0.2, 0.25) is 0 Å². The van der Waals surface area contributed by atoms with Crippen molar-refractivity contribution in [3.8, 4) is 0 Å². The Balaban J connectivity index is 2.79. The molecule has 0 spiro atoms. The molecule has 0 saturated heterocycles. The third-order valence-corrected chi connectivity index (χ3v) is 1.69. The Bertz CT molecular complexity index is 428. The molecule has 0 aliphatic carbocycles. The first-order chi connectivity index (χ1) is 5.79. The molecule has 0 fully saturated rings. The fraction of sp³-hybridized carbons (Fsp3) is 0. The van der Waals surface area contributed by atoms with Gasteiger partial charge in [0, 0.05) is 10.8 Å². The van der Waals surface area contributed by atoms with Gasteiger partial charge in [-0.25, -0.2) is 9.90 Å². The molecule has 0 amide bonds. The van der Waals surface area contributed by atoms with Gasteiger partial charge in [0.05, 0.1) is 6.26 Å². The molecule has 0 N–H and O–H groups in total. The van der Waals surface area contributed by atoms with E-state index in [0.717, 1.165) is 5.39 Å². The topological polar surface area (TPSA) is 50.1 Å². The van der Waals surface area contributed by atoms with Gasteiger partial charge in [0.15, 0.2) is 0 Å². The van der Waals surface area contributed by atoms with Crippen molar-refractivity contribution in [1.29, 1.82) is 0 Å². The van der Waals surface area contributed by atoms with Gasteiger partial charge in [-0.3, -0.25) is 0 Å². The minimum atomic E-state index is -1.28. The maximum Gasteiger partial charge on any atom is 0.421 e. The third kappa shape index (κ3) is 0.871. The first kappa shape index (κ1) is 6.91. The van der Waals surface area contributed by atoms with E-state index in [4.69, 9.17) is 4.42 Å². The van der Waals surface area contributed by atoms with Gasteiger partial charge < -0.3 is 4.42 Å². The summed E-state index contributed by atoms with van der Waals surface area (Å²) in [6.45, 7) is 0. The first-order valence-corrected chi connectivity index (χ1v) is 3.46. The maximum absolute atomic E-state index is 10.5. The van der Waals surface area contributed by atoms with Crippen molar-refractivity contribution in [3.63, 3.8) is 0 Å². The van der Waals surface area contributed by atoms with Crippen LogP contribution in [0.5, 0.6) is 0 Å². The van der Waals surface area contributed by atoms with Crippen molar-refractivity contribution < 1.29 is 14.3 Å². The molecule has 3 heteroatoms. The van der Waals surface area contributed by atoms with E-state index in [0.29, 0.717) is 5.39 Å². The number of carbonyl (C=O) groups is 1. The normalized spacial score (nSPS) is 10.3. The zero-order chi connectivity index (χ0) is 8.55. The fourth-order valence-electron chi connectivity index (χ4n) is 1.15. The number of hydrogen-bond donors (Lipinski definition) is 0. The van der Waals surface area contributed by atoms with Crippen LogP contribution in [-0.2, 0) is 5.11 Å².